The molecule has 120 valence electrons. The van der Waals surface area contributed by atoms with Gasteiger partial charge in [0.25, 0.3) is 0 Å². The predicted octanol–water partition coefficient (Wildman–Crippen LogP) is 0.259. The van der Waals surface area contributed by atoms with E-state index in [0.717, 1.165) is 12.4 Å². The summed E-state index contributed by atoms with van der Waals surface area (Å²) in [5.41, 5.74) is 0. The maximum Gasteiger partial charge on any atom is 0.240 e. The van der Waals surface area contributed by atoms with Crippen molar-refractivity contribution in [1.82, 2.24) is 30.2 Å². The Hall–Kier alpha value is -1.84. The van der Waals surface area contributed by atoms with E-state index in [9.17, 15) is 0 Å². The number of nitrogens with zero attached hydrogens (tertiary/aromatic N) is 5. The van der Waals surface area contributed by atoms with Crippen LogP contribution in [0.15, 0.2) is 4.52 Å². The summed E-state index contributed by atoms with van der Waals surface area (Å²) in [7, 11) is 1.65. The molecule has 0 aromatic carbocycles. The smallest absolute Gasteiger partial charge is 0.240 e. The van der Waals surface area contributed by atoms with Crippen molar-refractivity contribution in [3.05, 3.63) is 23.4 Å². The first-order chi connectivity index (χ1) is 10.7. The molecule has 2 aromatic rings. The van der Waals surface area contributed by atoms with Crippen LogP contribution in [0.5, 0.6) is 0 Å². The minimum atomic E-state index is -0.130. The number of morpholine rings is 1. The van der Waals surface area contributed by atoms with Gasteiger partial charge in [0.1, 0.15) is 11.9 Å². The van der Waals surface area contributed by atoms with Crippen LogP contribution in [0.25, 0.3) is 0 Å². The molecule has 0 aliphatic carbocycles. The number of ether oxygens (including phenoxy) is 2. The van der Waals surface area contributed by atoms with E-state index in [1.54, 1.807) is 7.11 Å². The van der Waals surface area contributed by atoms with Gasteiger partial charge < -0.3 is 14.0 Å². The largest absolute Gasteiger partial charge is 0.384 e. The number of aromatic amines is 1. The van der Waals surface area contributed by atoms with Crippen molar-refractivity contribution in [1.29, 1.82) is 0 Å². The van der Waals surface area contributed by atoms with Gasteiger partial charge in [-0.1, -0.05) is 5.16 Å². The zero-order chi connectivity index (χ0) is 15.4. The maximum atomic E-state index is 5.73. The van der Waals surface area contributed by atoms with Crippen LogP contribution in [0.4, 0.5) is 0 Å². The van der Waals surface area contributed by atoms with Crippen molar-refractivity contribution in [2.24, 2.45) is 0 Å². The monoisotopic (exact) mass is 308 g/mol. The second-order valence-corrected chi connectivity index (χ2v) is 5.22. The van der Waals surface area contributed by atoms with Crippen LogP contribution in [0.1, 0.15) is 29.5 Å². The molecule has 1 aliphatic rings. The van der Waals surface area contributed by atoms with E-state index < -0.39 is 0 Å². The van der Waals surface area contributed by atoms with Gasteiger partial charge in [0.2, 0.25) is 5.89 Å². The summed E-state index contributed by atoms with van der Waals surface area (Å²) in [5, 5.41) is 11.0. The fourth-order valence-corrected chi connectivity index (χ4v) is 2.35. The van der Waals surface area contributed by atoms with Crippen molar-refractivity contribution >= 4 is 0 Å². The standard InChI is InChI=1S/C13H20N6O3/c1-9-14-13(17-16-9)10-7-19(4-6-21-10)8-12-15-11(18-22-12)3-5-20-2/h10H,3-8H2,1-2H3,(H,14,16,17). The van der Waals surface area contributed by atoms with Gasteiger partial charge in [-0.05, 0) is 6.92 Å². The van der Waals surface area contributed by atoms with Gasteiger partial charge in [-0.15, -0.1) is 0 Å². The van der Waals surface area contributed by atoms with Crippen molar-refractivity contribution in [2.75, 3.05) is 33.4 Å². The second kappa shape index (κ2) is 6.95. The first-order valence-electron chi connectivity index (χ1n) is 7.28. The number of methoxy groups -OCH3 is 1. The molecule has 0 saturated carbocycles. The third-order valence-electron chi connectivity index (χ3n) is 3.45. The summed E-state index contributed by atoms with van der Waals surface area (Å²) >= 11 is 0. The highest BCUT2D eigenvalue weighted by atomic mass is 16.5. The number of H-pyrrole nitrogens is 1. The Kier molecular flexibility index (Phi) is 4.76. The Morgan fingerprint density at radius 1 is 1.41 bits per heavy atom. The third-order valence-corrected chi connectivity index (χ3v) is 3.45. The molecule has 9 heteroatoms. The fraction of sp³-hybridized carbons (Fsp3) is 0.692. The number of aromatic nitrogens is 5. The van der Waals surface area contributed by atoms with Crippen LogP contribution in [0.2, 0.25) is 0 Å². The highest BCUT2D eigenvalue weighted by Crippen LogP contribution is 2.20. The van der Waals surface area contributed by atoms with E-state index in [4.69, 9.17) is 14.0 Å². The van der Waals surface area contributed by atoms with Crippen LogP contribution < -0.4 is 0 Å². The molecular formula is C13H20N6O3. The normalized spacial score (nSPS) is 19.6. The zero-order valence-electron chi connectivity index (χ0n) is 12.8. The molecule has 9 nitrogen and oxygen atoms in total. The lowest BCUT2D eigenvalue weighted by molar-refractivity contribution is -0.0396. The van der Waals surface area contributed by atoms with Crippen LogP contribution >= 0.6 is 0 Å². The average Bonchev–Trinajstić information content (AvgIpc) is 3.15. The Balaban J connectivity index is 1.57. The lowest BCUT2D eigenvalue weighted by Gasteiger charge is -2.30. The van der Waals surface area contributed by atoms with Crippen LogP contribution in [0.3, 0.4) is 0 Å². The topological polar surface area (TPSA) is 102 Å². The lowest BCUT2D eigenvalue weighted by atomic mass is 10.2. The second-order valence-electron chi connectivity index (χ2n) is 5.22. The molecule has 2 aromatic heterocycles. The van der Waals surface area contributed by atoms with Gasteiger partial charge in [0.15, 0.2) is 11.6 Å². The van der Waals surface area contributed by atoms with Crippen molar-refractivity contribution in [3.63, 3.8) is 0 Å². The number of aryl methyl sites for hydroxylation is 1. The molecule has 1 atom stereocenters. The average molecular weight is 308 g/mol. The van der Waals surface area contributed by atoms with Gasteiger partial charge in [0, 0.05) is 26.6 Å². The molecule has 1 unspecified atom stereocenters. The Morgan fingerprint density at radius 3 is 3.09 bits per heavy atom. The van der Waals surface area contributed by atoms with E-state index in [2.05, 4.69) is 30.2 Å². The summed E-state index contributed by atoms with van der Waals surface area (Å²) < 4.78 is 16.0. The quantitative estimate of drug-likeness (QED) is 0.810. The molecule has 3 heterocycles. The summed E-state index contributed by atoms with van der Waals surface area (Å²) in [6, 6.07) is 0. The highest BCUT2D eigenvalue weighted by molar-refractivity contribution is 4.96. The van der Waals surface area contributed by atoms with Crippen molar-refractivity contribution < 1.29 is 14.0 Å². The van der Waals surface area contributed by atoms with Crippen molar-refractivity contribution in [3.8, 4) is 0 Å². The minimum absolute atomic E-state index is 0.130. The van der Waals surface area contributed by atoms with E-state index in [1.165, 1.54) is 0 Å². The van der Waals surface area contributed by atoms with E-state index >= 15 is 0 Å². The molecule has 1 aliphatic heterocycles. The summed E-state index contributed by atoms with van der Waals surface area (Å²) in [6.07, 6.45) is 0.525. The SMILES string of the molecule is COCCc1noc(CN2CCOC(c3n[nH]c(C)n3)C2)n1. The van der Waals surface area contributed by atoms with Crippen LogP contribution in [-0.4, -0.2) is 63.6 Å². The third kappa shape index (κ3) is 3.67. The van der Waals surface area contributed by atoms with Crippen LogP contribution in [0, 0.1) is 6.92 Å². The Bertz CT molecular complexity index is 598. The number of hydrogen-bond acceptors (Lipinski definition) is 8. The molecule has 22 heavy (non-hydrogen) atoms. The molecule has 0 bridgehead atoms. The highest BCUT2D eigenvalue weighted by Gasteiger charge is 2.26. The molecule has 1 N–H and O–H groups in total. The van der Waals surface area contributed by atoms with Gasteiger partial charge in [-0.3, -0.25) is 10.00 Å². The van der Waals surface area contributed by atoms with Gasteiger partial charge in [-0.25, -0.2) is 4.98 Å². The number of hydrogen-bond donors (Lipinski definition) is 1. The summed E-state index contributed by atoms with van der Waals surface area (Å²) in [5.74, 6) is 2.76. The molecule has 0 radical (unpaired) electrons. The fourth-order valence-electron chi connectivity index (χ4n) is 2.35. The van der Waals surface area contributed by atoms with Crippen molar-refractivity contribution in [2.45, 2.75) is 26.0 Å². The molecule has 3 rings (SSSR count). The van der Waals surface area contributed by atoms with E-state index in [0.29, 0.717) is 50.3 Å². The summed E-state index contributed by atoms with van der Waals surface area (Å²) in [4.78, 5) is 10.9. The molecule has 1 saturated heterocycles. The maximum absolute atomic E-state index is 5.73. The number of nitrogens with one attached hydrogen (secondary N) is 1. The summed E-state index contributed by atoms with van der Waals surface area (Å²) in [6.45, 7) is 5.20. The van der Waals surface area contributed by atoms with E-state index in [-0.39, 0.29) is 6.10 Å². The lowest BCUT2D eigenvalue weighted by Crippen LogP contribution is -2.38. The Morgan fingerprint density at radius 2 is 2.32 bits per heavy atom. The molecule has 0 spiro atoms. The van der Waals surface area contributed by atoms with Gasteiger partial charge in [0.05, 0.1) is 19.8 Å². The van der Waals surface area contributed by atoms with Crippen LogP contribution in [-0.2, 0) is 22.4 Å². The first kappa shape index (κ1) is 15.1. The number of rotatable bonds is 6. The van der Waals surface area contributed by atoms with Gasteiger partial charge >= 0.3 is 0 Å². The Labute approximate surface area is 128 Å². The molecule has 1 fully saturated rings. The minimum Gasteiger partial charge on any atom is -0.384 e. The molecular weight excluding hydrogens is 288 g/mol. The molecule has 0 amide bonds. The zero-order valence-corrected chi connectivity index (χ0v) is 12.8. The van der Waals surface area contributed by atoms with Gasteiger partial charge in [-0.2, -0.15) is 10.1 Å². The predicted molar refractivity (Wildman–Crippen MR) is 75.0 cm³/mol. The van der Waals surface area contributed by atoms with E-state index in [1.807, 2.05) is 6.92 Å². The first-order valence-corrected chi connectivity index (χ1v) is 7.28.